The molecule has 5 heteroatoms. The largest absolute Gasteiger partial charge is 0.383 e. The van der Waals surface area contributed by atoms with Crippen molar-refractivity contribution in [1.29, 1.82) is 0 Å². The Labute approximate surface area is 103 Å². The van der Waals surface area contributed by atoms with Crippen LogP contribution in [0, 0.1) is 5.92 Å². The van der Waals surface area contributed by atoms with Crippen LogP contribution in [0.2, 0.25) is 0 Å². The molecule has 4 nitrogen and oxygen atoms in total. The van der Waals surface area contributed by atoms with Crippen LogP contribution in [0.25, 0.3) is 0 Å². The maximum absolute atomic E-state index is 5.04. The van der Waals surface area contributed by atoms with Crippen molar-refractivity contribution in [3.63, 3.8) is 0 Å². The van der Waals surface area contributed by atoms with Gasteiger partial charge in [-0.05, 0) is 31.0 Å². The van der Waals surface area contributed by atoms with Gasteiger partial charge in [-0.2, -0.15) is 5.10 Å². The normalized spacial score (nSPS) is 17.6. The standard InChI is InChI=1S/C11H21N3OS/c1-15-8-7-12-11(16)14-13-9-10-5-3-2-4-6-10/h9-10H,2-8H2,1H3,(H2,12,14,16). The van der Waals surface area contributed by atoms with Crippen LogP contribution in [0.3, 0.4) is 0 Å². The average Bonchev–Trinajstić information content (AvgIpc) is 2.31. The summed E-state index contributed by atoms with van der Waals surface area (Å²) in [6.07, 6.45) is 8.53. The van der Waals surface area contributed by atoms with Crippen LogP contribution in [-0.2, 0) is 4.74 Å². The van der Waals surface area contributed by atoms with Crippen molar-refractivity contribution < 1.29 is 4.74 Å². The van der Waals surface area contributed by atoms with Crippen molar-refractivity contribution in [2.24, 2.45) is 11.0 Å². The minimum absolute atomic E-state index is 0.559. The van der Waals surface area contributed by atoms with Gasteiger partial charge in [-0.25, -0.2) is 0 Å². The first kappa shape index (κ1) is 13.4. The highest BCUT2D eigenvalue weighted by molar-refractivity contribution is 7.80. The second-order valence-corrected chi connectivity index (χ2v) is 4.45. The molecule has 0 atom stereocenters. The summed E-state index contributed by atoms with van der Waals surface area (Å²) in [5.74, 6) is 0.628. The van der Waals surface area contributed by atoms with Crippen LogP contribution >= 0.6 is 12.2 Å². The van der Waals surface area contributed by atoms with Gasteiger partial charge in [-0.1, -0.05) is 19.3 Å². The molecule has 1 fully saturated rings. The smallest absolute Gasteiger partial charge is 0.187 e. The lowest BCUT2D eigenvalue weighted by Crippen LogP contribution is -2.34. The fourth-order valence-corrected chi connectivity index (χ4v) is 1.95. The number of nitrogens with zero attached hydrogens (tertiary/aromatic N) is 1. The molecule has 1 aliphatic rings. The number of ether oxygens (including phenoxy) is 1. The lowest BCUT2D eigenvalue weighted by Gasteiger charge is -2.16. The fraction of sp³-hybridized carbons (Fsp3) is 0.818. The molecule has 0 amide bonds. The van der Waals surface area contributed by atoms with Crippen LogP contribution in [0.1, 0.15) is 32.1 Å². The first-order chi connectivity index (χ1) is 7.83. The average molecular weight is 243 g/mol. The van der Waals surface area contributed by atoms with Gasteiger partial charge >= 0.3 is 0 Å². The molecule has 0 aromatic carbocycles. The summed E-state index contributed by atoms with van der Waals surface area (Å²) in [6.45, 7) is 1.36. The van der Waals surface area contributed by atoms with Gasteiger partial charge in [-0.15, -0.1) is 0 Å². The van der Waals surface area contributed by atoms with E-state index < -0.39 is 0 Å². The lowest BCUT2D eigenvalue weighted by molar-refractivity contribution is 0.204. The van der Waals surface area contributed by atoms with Gasteiger partial charge in [0.2, 0.25) is 0 Å². The topological polar surface area (TPSA) is 45.6 Å². The highest BCUT2D eigenvalue weighted by Crippen LogP contribution is 2.21. The quantitative estimate of drug-likeness (QED) is 0.334. The molecule has 2 N–H and O–H groups in total. The highest BCUT2D eigenvalue weighted by Gasteiger charge is 2.10. The maximum Gasteiger partial charge on any atom is 0.187 e. The van der Waals surface area contributed by atoms with Gasteiger partial charge in [-0.3, -0.25) is 5.43 Å². The van der Waals surface area contributed by atoms with Crippen LogP contribution in [0.15, 0.2) is 5.10 Å². The van der Waals surface area contributed by atoms with E-state index in [0.717, 1.165) is 0 Å². The Kier molecular flexibility index (Phi) is 7.09. The van der Waals surface area contributed by atoms with E-state index in [1.165, 1.54) is 32.1 Å². The summed E-state index contributed by atoms with van der Waals surface area (Å²) in [5.41, 5.74) is 2.82. The van der Waals surface area contributed by atoms with Crippen LogP contribution in [-0.4, -0.2) is 31.6 Å². The fourth-order valence-electron chi connectivity index (χ4n) is 1.79. The summed E-state index contributed by atoms with van der Waals surface area (Å²) < 4.78 is 4.90. The summed E-state index contributed by atoms with van der Waals surface area (Å²) in [6, 6.07) is 0. The molecule has 0 heterocycles. The second kappa shape index (κ2) is 8.47. The Bertz CT molecular complexity index is 227. The number of thiocarbonyl (C=S) groups is 1. The number of hydrogen-bond acceptors (Lipinski definition) is 3. The number of hydrogen-bond donors (Lipinski definition) is 2. The van der Waals surface area contributed by atoms with Gasteiger partial charge in [0.15, 0.2) is 5.11 Å². The molecule has 0 unspecified atom stereocenters. The second-order valence-electron chi connectivity index (χ2n) is 4.04. The molecule has 0 spiro atoms. The third-order valence-corrected chi connectivity index (χ3v) is 2.93. The maximum atomic E-state index is 5.04. The molecular formula is C11H21N3OS. The van der Waals surface area contributed by atoms with Crippen molar-refractivity contribution in [2.45, 2.75) is 32.1 Å². The summed E-state index contributed by atoms with van der Waals surface area (Å²) in [4.78, 5) is 0. The third kappa shape index (κ3) is 6.02. The van der Waals surface area contributed by atoms with E-state index in [0.29, 0.717) is 24.2 Å². The summed E-state index contributed by atoms with van der Waals surface area (Å²) >= 11 is 5.04. The van der Waals surface area contributed by atoms with Crippen LogP contribution in [0.5, 0.6) is 0 Å². The first-order valence-corrected chi connectivity index (χ1v) is 6.29. The molecule has 1 saturated carbocycles. The summed E-state index contributed by atoms with van der Waals surface area (Å²) in [7, 11) is 1.67. The van der Waals surface area contributed by atoms with Gasteiger partial charge < -0.3 is 10.1 Å². The minimum Gasteiger partial charge on any atom is -0.383 e. The number of rotatable bonds is 5. The monoisotopic (exact) mass is 243 g/mol. The predicted octanol–water partition coefficient (Wildman–Crippen LogP) is 1.66. The van der Waals surface area contributed by atoms with E-state index in [1.54, 1.807) is 7.11 Å². The molecule has 0 aromatic heterocycles. The predicted molar refractivity (Wildman–Crippen MR) is 70.7 cm³/mol. The minimum atomic E-state index is 0.559. The van der Waals surface area contributed by atoms with Crippen molar-refractivity contribution in [3.05, 3.63) is 0 Å². The number of nitrogens with one attached hydrogen (secondary N) is 2. The van der Waals surface area contributed by atoms with Crippen LogP contribution < -0.4 is 10.7 Å². The van der Waals surface area contributed by atoms with E-state index in [-0.39, 0.29) is 0 Å². The number of hydrazone groups is 1. The molecule has 0 aliphatic heterocycles. The van der Waals surface area contributed by atoms with E-state index in [9.17, 15) is 0 Å². The molecule has 0 aromatic rings. The Morgan fingerprint density at radius 1 is 1.44 bits per heavy atom. The zero-order chi connectivity index (χ0) is 11.6. The van der Waals surface area contributed by atoms with Crippen molar-refractivity contribution in [3.8, 4) is 0 Å². The van der Waals surface area contributed by atoms with Gasteiger partial charge in [0.25, 0.3) is 0 Å². The van der Waals surface area contributed by atoms with Crippen molar-refractivity contribution in [1.82, 2.24) is 10.7 Å². The Morgan fingerprint density at radius 3 is 2.88 bits per heavy atom. The summed E-state index contributed by atoms with van der Waals surface area (Å²) in [5, 5.41) is 7.72. The third-order valence-electron chi connectivity index (χ3n) is 2.69. The molecular weight excluding hydrogens is 222 g/mol. The zero-order valence-corrected chi connectivity index (χ0v) is 10.7. The highest BCUT2D eigenvalue weighted by atomic mass is 32.1. The molecule has 0 saturated heterocycles. The van der Waals surface area contributed by atoms with E-state index in [2.05, 4.69) is 15.8 Å². The molecule has 16 heavy (non-hydrogen) atoms. The molecule has 92 valence electrons. The SMILES string of the molecule is COCCNC(=S)NN=CC1CCCCC1. The molecule has 1 rings (SSSR count). The Balaban J connectivity index is 2.07. The van der Waals surface area contributed by atoms with E-state index in [1.807, 2.05) is 6.21 Å². The van der Waals surface area contributed by atoms with Crippen molar-refractivity contribution in [2.75, 3.05) is 20.3 Å². The lowest BCUT2D eigenvalue weighted by atomic mass is 9.90. The van der Waals surface area contributed by atoms with Crippen molar-refractivity contribution >= 4 is 23.5 Å². The Morgan fingerprint density at radius 2 is 2.19 bits per heavy atom. The Hall–Kier alpha value is -0.680. The molecule has 1 aliphatic carbocycles. The van der Waals surface area contributed by atoms with E-state index >= 15 is 0 Å². The van der Waals surface area contributed by atoms with E-state index in [4.69, 9.17) is 17.0 Å². The van der Waals surface area contributed by atoms with Crippen LogP contribution in [0.4, 0.5) is 0 Å². The van der Waals surface area contributed by atoms with Gasteiger partial charge in [0.1, 0.15) is 0 Å². The van der Waals surface area contributed by atoms with Gasteiger partial charge in [0.05, 0.1) is 6.61 Å². The number of methoxy groups -OCH3 is 1. The van der Waals surface area contributed by atoms with Gasteiger partial charge in [0, 0.05) is 19.9 Å². The first-order valence-electron chi connectivity index (χ1n) is 5.89. The molecule has 0 bridgehead atoms. The zero-order valence-electron chi connectivity index (χ0n) is 9.87. The molecule has 0 radical (unpaired) electrons.